The molecular weight excluding hydrogens is 554 g/mol. The summed E-state index contributed by atoms with van der Waals surface area (Å²) in [6.45, 7) is 6.43. The van der Waals surface area contributed by atoms with Crippen molar-refractivity contribution in [3.63, 3.8) is 0 Å². The summed E-state index contributed by atoms with van der Waals surface area (Å²) < 4.78 is 18.4. The Kier molecular flexibility index (Phi) is 8.36. The fourth-order valence-electron chi connectivity index (χ4n) is 5.86. The normalized spacial score (nSPS) is 18.1. The van der Waals surface area contributed by atoms with E-state index in [0.717, 1.165) is 60.8 Å². The number of ether oxygens (including phenoxy) is 3. The maximum atomic E-state index is 9.99. The predicted octanol–water partition coefficient (Wildman–Crippen LogP) is 4.84. The first kappa shape index (κ1) is 28.5. The molecule has 0 aliphatic carbocycles. The third kappa shape index (κ3) is 5.70. The van der Waals surface area contributed by atoms with Crippen LogP contribution in [0.3, 0.4) is 0 Å². The monoisotopic (exact) mass is 593 g/mol. The topological polar surface area (TPSA) is 110 Å². The lowest BCUT2D eigenvalue weighted by Gasteiger charge is -2.29. The van der Waals surface area contributed by atoms with Crippen molar-refractivity contribution in [1.82, 2.24) is 24.4 Å². The molecule has 2 N–H and O–H groups in total. The minimum atomic E-state index is 0.0318. The van der Waals surface area contributed by atoms with E-state index in [4.69, 9.17) is 24.2 Å². The molecule has 0 spiro atoms. The summed E-state index contributed by atoms with van der Waals surface area (Å²) in [5.74, 6) is 4.47. The quantitative estimate of drug-likeness (QED) is 0.265. The molecule has 1 aromatic carbocycles. The van der Waals surface area contributed by atoms with Gasteiger partial charge in [0, 0.05) is 30.1 Å². The lowest BCUT2D eigenvalue weighted by Crippen LogP contribution is -2.33. The van der Waals surface area contributed by atoms with E-state index in [2.05, 4.69) is 33.1 Å². The van der Waals surface area contributed by atoms with Crippen molar-refractivity contribution in [2.24, 2.45) is 5.92 Å². The molecule has 5 heterocycles. The molecule has 42 heavy (non-hydrogen) atoms. The summed E-state index contributed by atoms with van der Waals surface area (Å²) in [4.78, 5) is 21.5. The number of aromatic nitrogens is 4. The number of nitrogens with one attached hydrogen (secondary N) is 1. The van der Waals surface area contributed by atoms with Crippen LogP contribution in [0.5, 0.6) is 17.2 Å². The minimum absolute atomic E-state index is 0.0318. The first-order valence-corrected chi connectivity index (χ1v) is 15.3. The number of hydrogen-bond donors (Lipinski definition) is 2. The smallest absolute Gasteiger partial charge is 0.229 e. The highest BCUT2D eigenvalue weighted by atomic mass is 32.1. The number of methoxy groups -OCH3 is 3. The zero-order valence-corrected chi connectivity index (χ0v) is 25.5. The van der Waals surface area contributed by atoms with Crippen molar-refractivity contribution in [2.75, 3.05) is 57.8 Å². The Morgan fingerprint density at radius 1 is 1.00 bits per heavy atom. The van der Waals surface area contributed by atoms with E-state index < -0.39 is 0 Å². The number of rotatable bonds is 10. The van der Waals surface area contributed by atoms with Gasteiger partial charge in [-0.2, -0.15) is 4.98 Å². The van der Waals surface area contributed by atoms with E-state index in [9.17, 15) is 5.11 Å². The van der Waals surface area contributed by atoms with Gasteiger partial charge in [0.05, 0.1) is 51.2 Å². The average molecular weight is 594 g/mol. The maximum absolute atomic E-state index is 9.99. The van der Waals surface area contributed by atoms with Crippen LogP contribution in [0.4, 0.5) is 17.6 Å². The second-order valence-corrected chi connectivity index (χ2v) is 12.2. The fourth-order valence-corrected chi connectivity index (χ4v) is 6.92. The molecule has 2 aliphatic heterocycles. The number of anilines is 3. The van der Waals surface area contributed by atoms with E-state index in [0.29, 0.717) is 34.8 Å². The van der Waals surface area contributed by atoms with E-state index in [1.807, 2.05) is 22.9 Å². The molecule has 6 rings (SSSR count). The van der Waals surface area contributed by atoms with Crippen molar-refractivity contribution in [3.05, 3.63) is 35.6 Å². The zero-order valence-electron chi connectivity index (χ0n) is 24.7. The van der Waals surface area contributed by atoms with Crippen LogP contribution in [-0.4, -0.2) is 83.1 Å². The molecule has 0 amide bonds. The van der Waals surface area contributed by atoms with Crippen LogP contribution in [-0.2, 0) is 6.54 Å². The van der Waals surface area contributed by atoms with Gasteiger partial charge in [-0.25, -0.2) is 9.97 Å². The van der Waals surface area contributed by atoms with E-state index >= 15 is 0 Å². The Morgan fingerprint density at radius 2 is 1.76 bits per heavy atom. The van der Waals surface area contributed by atoms with E-state index in [1.54, 1.807) is 39.0 Å². The Bertz CT molecular complexity index is 1510. The highest BCUT2D eigenvalue weighted by Crippen LogP contribution is 2.40. The number of aliphatic hydroxyl groups excluding tert-OH is 1. The van der Waals surface area contributed by atoms with Crippen LogP contribution in [0.1, 0.15) is 37.5 Å². The van der Waals surface area contributed by atoms with Crippen molar-refractivity contribution in [2.45, 2.75) is 45.2 Å². The molecule has 0 bridgehead atoms. The number of nitrogens with zero attached hydrogens (tertiary/aromatic N) is 6. The number of thiophene rings is 1. The number of benzene rings is 1. The fraction of sp³-hybridized carbons (Fsp3) is 0.500. The predicted molar refractivity (Wildman–Crippen MR) is 165 cm³/mol. The third-order valence-corrected chi connectivity index (χ3v) is 9.32. The lowest BCUT2D eigenvalue weighted by atomic mass is 9.99. The Hall–Kier alpha value is -3.61. The first-order chi connectivity index (χ1) is 20.5. The van der Waals surface area contributed by atoms with Gasteiger partial charge in [-0.1, -0.05) is 6.92 Å². The number of imidazole rings is 1. The van der Waals surface area contributed by atoms with Gasteiger partial charge in [-0.3, -0.25) is 4.90 Å². The number of fused-ring (bicyclic) bond motifs is 1. The minimum Gasteiger partial charge on any atom is -0.493 e. The first-order valence-electron chi connectivity index (χ1n) is 14.5. The molecule has 3 aromatic heterocycles. The molecular formula is C30H39N7O4S. The highest BCUT2D eigenvalue weighted by Gasteiger charge is 2.28. The Labute approximate surface area is 250 Å². The Balaban J connectivity index is 1.33. The summed E-state index contributed by atoms with van der Waals surface area (Å²) in [7, 11) is 4.79. The molecule has 2 fully saturated rings. The summed E-state index contributed by atoms with van der Waals surface area (Å²) in [5, 5.41) is 14.4. The second kappa shape index (κ2) is 12.3. The van der Waals surface area contributed by atoms with Crippen molar-refractivity contribution in [3.8, 4) is 22.9 Å². The van der Waals surface area contributed by atoms with Crippen LogP contribution in [0.2, 0.25) is 0 Å². The van der Waals surface area contributed by atoms with E-state index in [-0.39, 0.29) is 12.6 Å². The molecule has 0 unspecified atom stereocenters. The average Bonchev–Trinajstić information content (AvgIpc) is 3.77. The molecule has 12 heteroatoms. The van der Waals surface area contributed by atoms with Crippen LogP contribution >= 0.6 is 11.3 Å². The van der Waals surface area contributed by atoms with Crippen LogP contribution < -0.4 is 24.4 Å². The van der Waals surface area contributed by atoms with Crippen molar-refractivity contribution < 1.29 is 19.3 Å². The molecule has 224 valence electrons. The molecule has 2 aliphatic rings. The van der Waals surface area contributed by atoms with Crippen molar-refractivity contribution in [1.29, 1.82) is 0 Å². The number of aliphatic hydroxyl groups is 1. The molecule has 2 saturated heterocycles. The molecule has 0 saturated carbocycles. The van der Waals surface area contributed by atoms with Gasteiger partial charge in [-0.05, 0) is 50.8 Å². The van der Waals surface area contributed by atoms with Gasteiger partial charge in [0.2, 0.25) is 11.7 Å². The maximum Gasteiger partial charge on any atom is 0.229 e. The van der Waals surface area contributed by atoms with Gasteiger partial charge in [0.25, 0.3) is 0 Å². The summed E-state index contributed by atoms with van der Waals surface area (Å²) in [5.41, 5.74) is 0.815. The molecule has 4 aromatic rings. The van der Waals surface area contributed by atoms with Gasteiger partial charge >= 0.3 is 0 Å². The van der Waals surface area contributed by atoms with Gasteiger partial charge in [0.1, 0.15) is 22.8 Å². The molecule has 0 radical (unpaired) electrons. The second-order valence-electron chi connectivity index (χ2n) is 11.1. The van der Waals surface area contributed by atoms with E-state index in [1.165, 1.54) is 17.7 Å². The molecule has 11 nitrogen and oxygen atoms in total. The van der Waals surface area contributed by atoms with Crippen molar-refractivity contribution >= 4 is 39.1 Å². The third-order valence-electron chi connectivity index (χ3n) is 8.31. The zero-order chi connectivity index (χ0) is 29.2. The van der Waals surface area contributed by atoms with Crippen LogP contribution in [0.15, 0.2) is 30.7 Å². The van der Waals surface area contributed by atoms with Gasteiger partial charge < -0.3 is 34.1 Å². The standard InChI is InChI=1S/C30H39N7O4S/c1-19-7-10-35(11-8-19)15-22-14-23-28(33-30(34-29(23)42-22)37-9-5-6-20(37)17-38)32-26-16-36(18-31-26)21-12-24(39-2)27(41-4)25(13-21)40-3/h12-14,16,18-20,38H,5-11,15,17H2,1-4H3,(H,32,33,34)/t20-/m0/s1. The van der Waals surface area contributed by atoms with Gasteiger partial charge in [0.15, 0.2) is 11.5 Å². The summed E-state index contributed by atoms with van der Waals surface area (Å²) in [6.07, 6.45) is 8.08. The number of hydrogen-bond acceptors (Lipinski definition) is 11. The summed E-state index contributed by atoms with van der Waals surface area (Å²) >= 11 is 1.72. The highest BCUT2D eigenvalue weighted by molar-refractivity contribution is 7.18. The SMILES string of the molecule is COc1cc(-n2cnc(Nc3nc(N4CCC[C@H]4CO)nc4sc(CN5CCC(C)CC5)cc34)c2)cc(OC)c1OC. The largest absolute Gasteiger partial charge is 0.493 e. The van der Waals surface area contributed by atoms with Crippen LogP contribution in [0, 0.1) is 5.92 Å². The number of piperidine rings is 1. The van der Waals surface area contributed by atoms with Gasteiger partial charge in [-0.15, -0.1) is 11.3 Å². The summed E-state index contributed by atoms with van der Waals surface area (Å²) in [6, 6.07) is 6.00. The molecule has 1 atom stereocenters. The lowest BCUT2D eigenvalue weighted by molar-refractivity contribution is 0.187. The van der Waals surface area contributed by atoms with Crippen LogP contribution in [0.25, 0.3) is 15.9 Å². The Morgan fingerprint density at radius 3 is 2.45 bits per heavy atom. The number of likely N-dealkylation sites (tertiary alicyclic amines) is 1.